The molecule has 3 heterocycles. The van der Waals surface area contributed by atoms with E-state index < -0.39 is 88.8 Å². The van der Waals surface area contributed by atoms with Crippen molar-refractivity contribution in [2.45, 2.75) is 111 Å². The van der Waals surface area contributed by atoms with Gasteiger partial charge in [0.2, 0.25) is 11.7 Å². The lowest BCUT2D eigenvalue weighted by Gasteiger charge is -2.39. The molecule has 3 aliphatic heterocycles. The molecule has 0 fully saturated rings. The van der Waals surface area contributed by atoms with Crippen molar-refractivity contribution in [2.24, 2.45) is 29.6 Å². The van der Waals surface area contributed by atoms with Crippen LogP contribution in [0, 0.1) is 36.5 Å². The third-order valence-corrected chi connectivity index (χ3v) is 10.8. The first-order chi connectivity index (χ1) is 23.4. The molecule has 10 atom stereocenters. The highest BCUT2D eigenvalue weighted by atomic mass is 16.7. The predicted molar refractivity (Wildman–Crippen MR) is 184 cm³/mol. The van der Waals surface area contributed by atoms with Gasteiger partial charge in [0.1, 0.15) is 23.4 Å². The van der Waals surface area contributed by atoms with Crippen LogP contribution >= 0.6 is 0 Å². The Kier molecular flexibility index (Phi) is 12.0. The molecule has 5 bridgehead atoms. The SMILES string of the molecule is CO[C@H]1CCO[C@@]2(C)Oc3c(C)c(O)c4c(O)c(cc(O)c4c3C2=O)NC(=O)C(C)CCC[C@H](C)[C@H](O)[C@@H](C)[C@@H](O)[C@@H](C)[C@H](OC(C)=O)[C@@H]1C. The second-order valence-corrected chi connectivity index (χ2v) is 14.4. The highest BCUT2D eigenvalue weighted by molar-refractivity contribution is 6.21. The average molecular weight is 704 g/mol. The van der Waals surface area contributed by atoms with Gasteiger partial charge in [-0.25, -0.2) is 0 Å². The van der Waals surface area contributed by atoms with Gasteiger partial charge in [-0.05, 0) is 32.1 Å². The number of aliphatic hydroxyl groups is 2. The maximum absolute atomic E-state index is 14.0. The van der Waals surface area contributed by atoms with Crippen molar-refractivity contribution < 1.29 is 58.9 Å². The maximum atomic E-state index is 14.0. The number of aliphatic hydroxyl groups excluding tert-OH is 2. The van der Waals surface area contributed by atoms with E-state index in [1.807, 2.05) is 13.8 Å². The van der Waals surface area contributed by atoms with Crippen molar-refractivity contribution in [3.05, 3.63) is 17.2 Å². The topological polar surface area (TPSA) is 201 Å². The number of ketones is 1. The van der Waals surface area contributed by atoms with Crippen LogP contribution in [0.15, 0.2) is 6.07 Å². The molecular weight excluding hydrogens is 650 g/mol. The number of amides is 1. The number of nitrogens with one attached hydrogen (secondary N) is 1. The lowest BCUT2D eigenvalue weighted by Crippen LogP contribution is -2.47. The van der Waals surface area contributed by atoms with Gasteiger partial charge < -0.3 is 49.8 Å². The molecular formula is C37H53NO12. The molecule has 0 spiro atoms. The average Bonchev–Trinajstić information content (AvgIpc) is 3.33. The van der Waals surface area contributed by atoms with Crippen molar-refractivity contribution in [3.8, 4) is 23.0 Å². The molecule has 50 heavy (non-hydrogen) atoms. The van der Waals surface area contributed by atoms with Crippen LogP contribution in [-0.4, -0.2) is 87.1 Å². The normalized spacial score (nSPS) is 33.3. The number of ether oxygens (including phenoxy) is 4. The predicted octanol–water partition coefficient (Wildman–Crippen LogP) is 4.93. The summed E-state index contributed by atoms with van der Waals surface area (Å²) < 4.78 is 23.6. The van der Waals surface area contributed by atoms with Gasteiger partial charge in [0.05, 0.1) is 41.6 Å². The third kappa shape index (κ3) is 7.37. The van der Waals surface area contributed by atoms with Crippen molar-refractivity contribution in [3.63, 3.8) is 0 Å². The fourth-order valence-corrected chi connectivity index (χ4v) is 7.50. The standard InChI is InChI=1S/C37H53NO12/c1-16-11-10-12-17(2)36(46)38-23-15-24(40)26-27(32(23)44)31(43)21(6)34-28(26)35(45)37(8,50-34)48-14-13-25(47-9)18(3)33(49-22(7)39)20(5)30(42)19(4)29(16)41/h15-20,25,29-30,33,40-44H,10-14H2,1-9H3,(H,38,46)/t16-,17?,18+,19+,20+,25-,29-,30+,33+,37-/m0/s1. The Morgan fingerprint density at radius 2 is 1.60 bits per heavy atom. The molecule has 1 unspecified atom stereocenters. The Morgan fingerprint density at radius 3 is 2.22 bits per heavy atom. The summed E-state index contributed by atoms with van der Waals surface area (Å²) >= 11 is 0. The molecule has 0 radical (unpaired) electrons. The number of hydrogen-bond donors (Lipinski definition) is 6. The summed E-state index contributed by atoms with van der Waals surface area (Å²) in [6.45, 7) is 13.0. The molecule has 13 heteroatoms. The van der Waals surface area contributed by atoms with Crippen LogP contribution in [-0.2, 0) is 23.8 Å². The van der Waals surface area contributed by atoms with Gasteiger partial charge in [0.15, 0.2) is 5.75 Å². The second-order valence-electron chi connectivity index (χ2n) is 14.4. The van der Waals surface area contributed by atoms with Gasteiger partial charge in [-0.15, -0.1) is 0 Å². The van der Waals surface area contributed by atoms with Crippen LogP contribution in [0.1, 0.15) is 90.1 Å². The maximum Gasteiger partial charge on any atom is 0.302 e. The number of carbonyl (C=O) groups excluding carboxylic acids is 3. The van der Waals surface area contributed by atoms with Gasteiger partial charge in [-0.2, -0.15) is 0 Å². The summed E-state index contributed by atoms with van der Waals surface area (Å²) in [6.07, 6.45) is -1.54. The number of rotatable bonds is 2. The zero-order valence-corrected chi connectivity index (χ0v) is 30.4. The molecule has 0 saturated heterocycles. The molecule has 1 amide bonds. The van der Waals surface area contributed by atoms with E-state index in [9.17, 15) is 39.9 Å². The molecule has 3 aliphatic rings. The minimum Gasteiger partial charge on any atom is -0.507 e. The zero-order chi connectivity index (χ0) is 37.4. The van der Waals surface area contributed by atoms with Gasteiger partial charge in [-0.1, -0.05) is 41.0 Å². The van der Waals surface area contributed by atoms with E-state index in [2.05, 4.69) is 5.32 Å². The highest BCUT2D eigenvalue weighted by Gasteiger charge is 2.49. The van der Waals surface area contributed by atoms with E-state index in [4.69, 9.17) is 18.9 Å². The summed E-state index contributed by atoms with van der Waals surface area (Å²) in [4.78, 5) is 39.4. The van der Waals surface area contributed by atoms with E-state index in [1.54, 1.807) is 20.8 Å². The molecule has 2 aromatic carbocycles. The van der Waals surface area contributed by atoms with E-state index in [0.717, 1.165) is 6.07 Å². The van der Waals surface area contributed by atoms with Crippen molar-refractivity contribution in [1.82, 2.24) is 0 Å². The van der Waals surface area contributed by atoms with Crippen LogP contribution in [0.5, 0.6) is 23.0 Å². The number of aromatic hydroxyl groups is 3. The Labute approximate surface area is 292 Å². The number of phenolic OH excluding ortho intramolecular Hbond substituents is 3. The first-order valence-corrected chi connectivity index (χ1v) is 17.3. The van der Waals surface area contributed by atoms with E-state index in [1.165, 1.54) is 27.9 Å². The van der Waals surface area contributed by atoms with E-state index in [-0.39, 0.29) is 52.3 Å². The summed E-state index contributed by atoms with van der Waals surface area (Å²) in [5.74, 6) is -7.40. The molecule has 278 valence electrons. The summed E-state index contributed by atoms with van der Waals surface area (Å²) in [7, 11) is 1.50. The van der Waals surface area contributed by atoms with Crippen LogP contribution in [0.4, 0.5) is 5.69 Å². The van der Waals surface area contributed by atoms with Crippen LogP contribution in [0.3, 0.4) is 0 Å². The number of Topliss-reactive ketones (excluding diaryl/α,β-unsaturated/α-hetero) is 1. The van der Waals surface area contributed by atoms with Gasteiger partial charge in [0, 0.05) is 61.6 Å². The number of methoxy groups -OCH3 is 1. The Morgan fingerprint density at radius 1 is 0.940 bits per heavy atom. The molecule has 13 nitrogen and oxygen atoms in total. The molecule has 6 N–H and O–H groups in total. The number of benzene rings is 2. The molecule has 5 rings (SSSR count). The van der Waals surface area contributed by atoms with Crippen LogP contribution in [0.25, 0.3) is 10.8 Å². The molecule has 2 aromatic rings. The minimum absolute atomic E-state index is 0.0203. The monoisotopic (exact) mass is 703 g/mol. The summed E-state index contributed by atoms with van der Waals surface area (Å²) in [5, 5.41) is 58.6. The summed E-state index contributed by atoms with van der Waals surface area (Å²) in [5.41, 5.74) is -0.115. The lowest BCUT2D eigenvalue weighted by atomic mass is 9.77. The number of hydrogen-bond acceptors (Lipinski definition) is 12. The second kappa shape index (κ2) is 15.3. The zero-order valence-electron chi connectivity index (χ0n) is 30.4. The number of fused-ring (bicyclic) bond motifs is 17. The first-order valence-electron chi connectivity index (χ1n) is 17.3. The third-order valence-electron chi connectivity index (χ3n) is 10.8. The highest BCUT2D eigenvalue weighted by Crippen LogP contribution is 2.53. The molecule has 0 saturated carbocycles. The van der Waals surface area contributed by atoms with Crippen molar-refractivity contribution >= 4 is 34.1 Å². The smallest absolute Gasteiger partial charge is 0.302 e. The Hall–Kier alpha value is -3.65. The van der Waals surface area contributed by atoms with Gasteiger partial charge >= 0.3 is 5.97 Å². The molecule has 0 aliphatic carbocycles. The molecule has 0 aromatic heterocycles. The van der Waals surface area contributed by atoms with Gasteiger partial charge in [-0.3, -0.25) is 14.4 Å². The van der Waals surface area contributed by atoms with Crippen LogP contribution < -0.4 is 10.1 Å². The first kappa shape index (κ1) is 39.1. The Balaban J connectivity index is 1.77. The number of anilines is 1. The fourth-order valence-electron chi connectivity index (χ4n) is 7.50. The van der Waals surface area contributed by atoms with E-state index in [0.29, 0.717) is 19.3 Å². The number of esters is 1. The fraction of sp³-hybridized carbons (Fsp3) is 0.649. The van der Waals surface area contributed by atoms with Gasteiger partial charge in [0.25, 0.3) is 5.79 Å². The summed E-state index contributed by atoms with van der Waals surface area (Å²) in [6, 6.07) is 1.12. The van der Waals surface area contributed by atoms with Crippen molar-refractivity contribution in [1.29, 1.82) is 0 Å². The number of phenols is 3. The van der Waals surface area contributed by atoms with E-state index >= 15 is 0 Å². The Bertz CT molecular complexity index is 1610. The quantitative estimate of drug-likeness (QED) is 0.140. The largest absolute Gasteiger partial charge is 0.507 e. The van der Waals surface area contributed by atoms with Crippen molar-refractivity contribution in [2.75, 3.05) is 19.0 Å². The van der Waals surface area contributed by atoms with Crippen LogP contribution in [0.2, 0.25) is 0 Å². The number of carbonyl (C=O) groups is 3. The lowest BCUT2D eigenvalue weighted by molar-refractivity contribution is -0.164. The minimum atomic E-state index is -1.88.